The van der Waals surface area contributed by atoms with Gasteiger partial charge in [0.15, 0.2) is 0 Å². The summed E-state index contributed by atoms with van der Waals surface area (Å²) in [6.07, 6.45) is 1.66. The molecule has 0 spiro atoms. The molecule has 4 heteroatoms. The van der Waals surface area contributed by atoms with E-state index in [0.29, 0.717) is 12.1 Å². The zero-order valence-electron chi connectivity index (χ0n) is 10.4. The normalized spacial score (nSPS) is 19.7. The van der Waals surface area contributed by atoms with Gasteiger partial charge in [-0.3, -0.25) is 9.69 Å². The predicted molar refractivity (Wildman–Crippen MR) is 67.0 cm³/mol. The predicted octanol–water partition coefficient (Wildman–Crippen LogP) is 1.92. The van der Waals surface area contributed by atoms with Crippen LogP contribution in [0.25, 0.3) is 0 Å². The minimum Gasteiger partial charge on any atom is -0.480 e. The number of aryl methyl sites for hydroxylation is 1. The van der Waals surface area contributed by atoms with Crippen LogP contribution in [0.2, 0.25) is 0 Å². The molecule has 1 N–H and O–H groups in total. The van der Waals surface area contributed by atoms with Crippen LogP contribution < -0.4 is 0 Å². The summed E-state index contributed by atoms with van der Waals surface area (Å²) >= 11 is 0. The topological polar surface area (TPSA) is 64.3 Å². The van der Waals surface area contributed by atoms with Crippen LogP contribution in [0.5, 0.6) is 0 Å². The fraction of sp³-hybridized carbons (Fsp3) is 0.429. The minimum absolute atomic E-state index is 0.361. The van der Waals surface area contributed by atoms with Gasteiger partial charge >= 0.3 is 5.97 Å². The highest BCUT2D eigenvalue weighted by Gasteiger charge is 2.30. The van der Waals surface area contributed by atoms with Gasteiger partial charge in [-0.05, 0) is 49.6 Å². The smallest absolute Gasteiger partial charge is 0.320 e. The Bertz CT molecular complexity index is 505. The molecule has 1 aromatic carbocycles. The maximum absolute atomic E-state index is 11.1. The van der Waals surface area contributed by atoms with Crippen LogP contribution in [-0.4, -0.2) is 28.6 Å². The molecule has 0 amide bonds. The van der Waals surface area contributed by atoms with Gasteiger partial charge in [0.05, 0.1) is 11.6 Å². The summed E-state index contributed by atoms with van der Waals surface area (Å²) in [4.78, 5) is 13.1. The third kappa shape index (κ3) is 2.52. The van der Waals surface area contributed by atoms with Crippen molar-refractivity contribution < 1.29 is 9.90 Å². The highest BCUT2D eigenvalue weighted by atomic mass is 16.4. The lowest BCUT2D eigenvalue weighted by molar-refractivity contribution is -0.142. The molecular formula is C14H16N2O2. The summed E-state index contributed by atoms with van der Waals surface area (Å²) in [6, 6.07) is 7.30. The first-order chi connectivity index (χ1) is 8.61. The lowest BCUT2D eigenvalue weighted by Gasteiger charge is -2.22. The van der Waals surface area contributed by atoms with Crippen molar-refractivity contribution in [3.05, 3.63) is 34.9 Å². The third-order valence-electron chi connectivity index (χ3n) is 3.49. The zero-order valence-corrected chi connectivity index (χ0v) is 10.4. The van der Waals surface area contributed by atoms with Crippen molar-refractivity contribution in [3.63, 3.8) is 0 Å². The summed E-state index contributed by atoms with van der Waals surface area (Å²) in [7, 11) is 0. The SMILES string of the molecule is Cc1cc(C#N)ccc1CN1CCCC1C(=O)O. The number of aliphatic carboxylic acids is 1. The lowest BCUT2D eigenvalue weighted by Crippen LogP contribution is -2.35. The Kier molecular flexibility index (Phi) is 3.63. The first kappa shape index (κ1) is 12.6. The van der Waals surface area contributed by atoms with Gasteiger partial charge in [-0.1, -0.05) is 6.07 Å². The fourth-order valence-electron chi connectivity index (χ4n) is 2.46. The quantitative estimate of drug-likeness (QED) is 0.882. The number of rotatable bonds is 3. The number of likely N-dealkylation sites (tertiary alicyclic amines) is 1. The molecule has 0 bridgehead atoms. The molecule has 0 aromatic heterocycles. The molecule has 94 valence electrons. The van der Waals surface area contributed by atoms with Crippen molar-refractivity contribution >= 4 is 5.97 Å². The van der Waals surface area contributed by atoms with E-state index in [4.69, 9.17) is 10.4 Å². The molecule has 1 saturated heterocycles. The molecule has 4 nitrogen and oxygen atoms in total. The van der Waals surface area contributed by atoms with Crippen molar-refractivity contribution in [2.75, 3.05) is 6.54 Å². The number of nitriles is 1. The zero-order chi connectivity index (χ0) is 13.1. The van der Waals surface area contributed by atoms with E-state index >= 15 is 0 Å². The maximum atomic E-state index is 11.1. The molecule has 1 aliphatic heterocycles. The van der Waals surface area contributed by atoms with E-state index in [0.717, 1.165) is 30.5 Å². The van der Waals surface area contributed by atoms with Gasteiger partial charge in [-0.2, -0.15) is 5.26 Å². The van der Waals surface area contributed by atoms with Crippen molar-refractivity contribution in [3.8, 4) is 6.07 Å². The van der Waals surface area contributed by atoms with Crippen molar-refractivity contribution in [1.29, 1.82) is 5.26 Å². The van der Waals surface area contributed by atoms with Gasteiger partial charge in [0.1, 0.15) is 6.04 Å². The van der Waals surface area contributed by atoms with Crippen LogP contribution in [0.3, 0.4) is 0 Å². The Labute approximate surface area is 106 Å². The summed E-state index contributed by atoms with van der Waals surface area (Å²) in [5, 5.41) is 17.9. The molecule has 1 heterocycles. The molecule has 0 aliphatic carbocycles. The van der Waals surface area contributed by atoms with E-state index in [1.807, 2.05) is 24.0 Å². The van der Waals surface area contributed by atoms with Crippen LogP contribution in [0.1, 0.15) is 29.5 Å². The van der Waals surface area contributed by atoms with Gasteiger partial charge < -0.3 is 5.11 Å². The molecular weight excluding hydrogens is 228 g/mol. The number of benzene rings is 1. The Morgan fingerprint density at radius 2 is 2.39 bits per heavy atom. The largest absolute Gasteiger partial charge is 0.480 e. The average Bonchev–Trinajstić information content (AvgIpc) is 2.80. The molecule has 18 heavy (non-hydrogen) atoms. The molecule has 1 aromatic rings. The van der Waals surface area contributed by atoms with Crippen LogP contribution in [-0.2, 0) is 11.3 Å². The van der Waals surface area contributed by atoms with Crippen molar-refractivity contribution in [1.82, 2.24) is 4.90 Å². The van der Waals surface area contributed by atoms with Gasteiger partial charge in [0, 0.05) is 6.54 Å². The van der Waals surface area contributed by atoms with E-state index in [1.165, 1.54) is 0 Å². The van der Waals surface area contributed by atoms with E-state index < -0.39 is 5.97 Å². The molecule has 1 aliphatic rings. The Hall–Kier alpha value is -1.86. The van der Waals surface area contributed by atoms with E-state index in [9.17, 15) is 4.79 Å². The lowest BCUT2D eigenvalue weighted by atomic mass is 10.0. The van der Waals surface area contributed by atoms with Crippen molar-refractivity contribution in [2.45, 2.75) is 32.4 Å². The van der Waals surface area contributed by atoms with Crippen LogP contribution in [0, 0.1) is 18.3 Å². The summed E-state index contributed by atoms with van der Waals surface area (Å²) in [5.41, 5.74) is 2.79. The minimum atomic E-state index is -0.737. The molecule has 2 rings (SSSR count). The third-order valence-corrected chi connectivity index (χ3v) is 3.49. The number of carboxylic acids is 1. The number of hydrogen-bond acceptors (Lipinski definition) is 3. The Balaban J connectivity index is 2.14. The van der Waals surface area contributed by atoms with E-state index in [2.05, 4.69) is 6.07 Å². The van der Waals surface area contributed by atoms with Crippen LogP contribution in [0.15, 0.2) is 18.2 Å². The number of nitrogens with zero attached hydrogens (tertiary/aromatic N) is 2. The van der Waals surface area contributed by atoms with E-state index in [1.54, 1.807) is 6.07 Å². The van der Waals surface area contributed by atoms with Crippen molar-refractivity contribution in [2.24, 2.45) is 0 Å². The molecule has 0 saturated carbocycles. The van der Waals surface area contributed by atoms with Crippen LogP contribution >= 0.6 is 0 Å². The second kappa shape index (κ2) is 5.19. The van der Waals surface area contributed by atoms with Crippen LogP contribution in [0.4, 0.5) is 0 Å². The summed E-state index contributed by atoms with van der Waals surface area (Å²) in [5.74, 6) is -0.737. The Morgan fingerprint density at radius 3 is 3.00 bits per heavy atom. The fourth-order valence-corrected chi connectivity index (χ4v) is 2.46. The molecule has 1 unspecified atom stereocenters. The Morgan fingerprint density at radius 1 is 1.61 bits per heavy atom. The van der Waals surface area contributed by atoms with E-state index in [-0.39, 0.29) is 6.04 Å². The molecule has 0 radical (unpaired) electrons. The highest BCUT2D eigenvalue weighted by molar-refractivity contribution is 5.73. The average molecular weight is 244 g/mol. The second-order valence-corrected chi connectivity index (χ2v) is 4.72. The monoisotopic (exact) mass is 244 g/mol. The number of carbonyl (C=O) groups is 1. The molecule has 1 atom stereocenters. The van der Waals surface area contributed by atoms with Gasteiger partial charge in [0.2, 0.25) is 0 Å². The maximum Gasteiger partial charge on any atom is 0.320 e. The first-order valence-corrected chi connectivity index (χ1v) is 6.08. The first-order valence-electron chi connectivity index (χ1n) is 6.08. The summed E-state index contributed by atoms with van der Waals surface area (Å²) < 4.78 is 0. The second-order valence-electron chi connectivity index (χ2n) is 4.72. The number of carboxylic acid groups (broad SMARTS) is 1. The summed E-state index contributed by atoms with van der Waals surface area (Å²) in [6.45, 7) is 3.44. The van der Waals surface area contributed by atoms with Gasteiger partial charge in [-0.25, -0.2) is 0 Å². The standard InChI is InChI=1S/C14H16N2O2/c1-10-7-11(8-15)4-5-12(10)9-16-6-2-3-13(16)14(17)18/h4-5,7,13H,2-3,6,9H2,1H3,(H,17,18). The molecule has 1 fully saturated rings. The number of hydrogen-bond donors (Lipinski definition) is 1. The van der Waals surface area contributed by atoms with Gasteiger partial charge in [-0.15, -0.1) is 0 Å². The highest BCUT2D eigenvalue weighted by Crippen LogP contribution is 2.22. The van der Waals surface area contributed by atoms with Gasteiger partial charge in [0.25, 0.3) is 0 Å².